The predicted molar refractivity (Wildman–Crippen MR) is 58.6 cm³/mol. The van der Waals surface area contributed by atoms with Gasteiger partial charge in [-0.15, -0.1) is 0 Å². The predicted octanol–water partition coefficient (Wildman–Crippen LogP) is 1.66. The first-order valence-corrected chi connectivity index (χ1v) is 5.20. The molecule has 0 aliphatic heterocycles. The summed E-state index contributed by atoms with van der Waals surface area (Å²) < 4.78 is 10.1. The van der Waals surface area contributed by atoms with Gasteiger partial charge in [-0.05, 0) is 32.0 Å². The third kappa shape index (κ3) is 3.67. The van der Waals surface area contributed by atoms with Gasteiger partial charge in [0, 0.05) is 13.7 Å². The van der Waals surface area contributed by atoms with E-state index in [1.807, 2.05) is 6.92 Å². The lowest BCUT2D eigenvalue weighted by Crippen LogP contribution is -2.20. The third-order valence-corrected chi connectivity index (χ3v) is 2.24. The molecule has 0 aliphatic carbocycles. The van der Waals surface area contributed by atoms with E-state index in [0.29, 0.717) is 12.4 Å². The Kier molecular flexibility index (Phi) is 5.01. The minimum atomic E-state index is -1.04. The molecule has 1 aromatic heterocycles. The number of hydrogen-bond acceptors (Lipinski definition) is 4. The van der Waals surface area contributed by atoms with E-state index >= 15 is 0 Å². The number of furan rings is 1. The minimum absolute atomic E-state index is 0.00459. The van der Waals surface area contributed by atoms with E-state index in [1.165, 1.54) is 6.07 Å². The molecule has 0 amide bonds. The molecule has 0 saturated carbocycles. The van der Waals surface area contributed by atoms with Crippen molar-refractivity contribution >= 4 is 5.97 Å². The zero-order chi connectivity index (χ0) is 12.0. The van der Waals surface area contributed by atoms with Crippen molar-refractivity contribution in [3.05, 3.63) is 23.7 Å². The smallest absolute Gasteiger partial charge is 0.371 e. The van der Waals surface area contributed by atoms with Crippen molar-refractivity contribution in [2.75, 3.05) is 20.3 Å². The molecule has 0 spiro atoms. The molecule has 1 heterocycles. The van der Waals surface area contributed by atoms with Gasteiger partial charge in [0.05, 0.1) is 6.04 Å². The van der Waals surface area contributed by atoms with E-state index in [-0.39, 0.29) is 11.8 Å². The normalized spacial score (nSPS) is 12.6. The molecular weight excluding hydrogens is 210 g/mol. The van der Waals surface area contributed by atoms with Crippen LogP contribution in [0.25, 0.3) is 0 Å². The number of hydrogen-bond donors (Lipinski definition) is 2. The van der Waals surface area contributed by atoms with Gasteiger partial charge in [0.1, 0.15) is 5.76 Å². The second-order valence-corrected chi connectivity index (χ2v) is 3.53. The summed E-state index contributed by atoms with van der Waals surface area (Å²) in [5.41, 5.74) is 0. The molecule has 0 fully saturated rings. The highest BCUT2D eigenvalue weighted by Gasteiger charge is 2.13. The second kappa shape index (κ2) is 6.30. The first kappa shape index (κ1) is 12.7. The number of rotatable bonds is 7. The van der Waals surface area contributed by atoms with Gasteiger partial charge in [-0.3, -0.25) is 0 Å². The molecule has 1 unspecified atom stereocenters. The summed E-state index contributed by atoms with van der Waals surface area (Å²) in [5.74, 6) is -0.437. The van der Waals surface area contributed by atoms with E-state index in [1.54, 1.807) is 13.2 Å². The number of methoxy groups -OCH3 is 1. The molecule has 1 aromatic rings. The van der Waals surface area contributed by atoms with Crippen molar-refractivity contribution in [3.8, 4) is 0 Å². The third-order valence-electron chi connectivity index (χ3n) is 2.24. The van der Waals surface area contributed by atoms with Crippen LogP contribution >= 0.6 is 0 Å². The zero-order valence-corrected chi connectivity index (χ0v) is 9.53. The highest BCUT2D eigenvalue weighted by molar-refractivity contribution is 5.84. The largest absolute Gasteiger partial charge is 0.475 e. The standard InChI is InChI=1S/C11H17NO4/c1-8(12-6-3-7-15-2)9-4-5-10(16-9)11(13)14/h4-5,8,12H,3,6-7H2,1-2H3,(H,13,14). The van der Waals surface area contributed by atoms with Crippen LogP contribution in [0.4, 0.5) is 0 Å². The minimum Gasteiger partial charge on any atom is -0.475 e. The molecule has 2 N–H and O–H groups in total. The second-order valence-electron chi connectivity index (χ2n) is 3.53. The van der Waals surface area contributed by atoms with Crippen LogP contribution in [0.2, 0.25) is 0 Å². The van der Waals surface area contributed by atoms with Gasteiger partial charge in [-0.2, -0.15) is 0 Å². The Morgan fingerprint density at radius 2 is 2.38 bits per heavy atom. The van der Waals surface area contributed by atoms with Crippen molar-refractivity contribution in [1.82, 2.24) is 5.32 Å². The lowest BCUT2D eigenvalue weighted by Gasteiger charge is -2.10. The average molecular weight is 227 g/mol. The maximum atomic E-state index is 10.6. The summed E-state index contributed by atoms with van der Waals surface area (Å²) in [6, 6.07) is 3.15. The Hall–Kier alpha value is -1.33. The van der Waals surface area contributed by atoms with Gasteiger partial charge in [0.2, 0.25) is 5.76 Å². The quantitative estimate of drug-likeness (QED) is 0.693. The van der Waals surface area contributed by atoms with E-state index in [4.69, 9.17) is 14.3 Å². The van der Waals surface area contributed by atoms with Crippen LogP contribution in [0.1, 0.15) is 35.7 Å². The molecule has 90 valence electrons. The number of carboxylic acid groups (broad SMARTS) is 1. The molecule has 0 radical (unpaired) electrons. The molecule has 1 rings (SSSR count). The highest BCUT2D eigenvalue weighted by atomic mass is 16.5. The van der Waals surface area contributed by atoms with E-state index < -0.39 is 5.97 Å². The van der Waals surface area contributed by atoms with Gasteiger partial charge in [0.15, 0.2) is 0 Å². The van der Waals surface area contributed by atoms with Gasteiger partial charge < -0.3 is 19.6 Å². The SMILES string of the molecule is COCCCNC(C)c1ccc(C(=O)O)o1. The molecule has 5 nitrogen and oxygen atoms in total. The fourth-order valence-corrected chi connectivity index (χ4v) is 1.34. The molecule has 16 heavy (non-hydrogen) atoms. The topological polar surface area (TPSA) is 71.7 Å². The summed E-state index contributed by atoms with van der Waals surface area (Å²) in [6.45, 7) is 3.44. The fraction of sp³-hybridized carbons (Fsp3) is 0.545. The maximum Gasteiger partial charge on any atom is 0.371 e. The Morgan fingerprint density at radius 3 is 2.94 bits per heavy atom. The van der Waals surface area contributed by atoms with Crippen molar-refractivity contribution in [1.29, 1.82) is 0 Å². The molecule has 0 aromatic carbocycles. The monoisotopic (exact) mass is 227 g/mol. The van der Waals surface area contributed by atoms with Crippen molar-refractivity contribution in [2.45, 2.75) is 19.4 Å². The zero-order valence-electron chi connectivity index (χ0n) is 9.53. The summed E-state index contributed by atoms with van der Waals surface area (Å²) in [7, 11) is 1.66. The Bertz CT molecular complexity index is 334. The van der Waals surface area contributed by atoms with Gasteiger partial charge in [-0.1, -0.05) is 0 Å². The summed E-state index contributed by atoms with van der Waals surface area (Å²) in [5, 5.41) is 11.9. The van der Waals surface area contributed by atoms with Crippen molar-refractivity contribution < 1.29 is 19.1 Å². The fourth-order valence-electron chi connectivity index (χ4n) is 1.34. The van der Waals surface area contributed by atoms with Crippen LogP contribution in [0.3, 0.4) is 0 Å². The van der Waals surface area contributed by atoms with Crippen molar-refractivity contribution in [2.24, 2.45) is 0 Å². The molecule has 1 atom stereocenters. The van der Waals surface area contributed by atoms with Gasteiger partial charge >= 0.3 is 5.97 Å². The first-order valence-electron chi connectivity index (χ1n) is 5.20. The summed E-state index contributed by atoms with van der Waals surface area (Å²) in [6.07, 6.45) is 0.910. The number of aromatic carboxylic acids is 1. The highest BCUT2D eigenvalue weighted by Crippen LogP contribution is 2.15. The Balaban J connectivity index is 2.40. The van der Waals surface area contributed by atoms with Gasteiger partial charge in [-0.25, -0.2) is 4.79 Å². The van der Waals surface area contributed by atoms with E-state index in [2.05, 4.69) is 5.32 Å². The summed E-state index contributed by atoms with van der Waals surface area (Å²) in [4.78, 5) is 10.6. The van der Waals surface area contributed by atoms with Crippen LogP contribution in [0, 0.1) is 0 Å². The lowest BCUT2D eigenvalue weighted by molar-refractivity contribution is 0.0659. The van der Waals surface area contributed by atoms with Crippen molar-refractivity contribution in [3.63, 3.8) is 0 Å². The van der Waals surface area contributed by atoms with E-state index in [0.717, 1.165) is 13.0 Å². The van der Waals surface area contributed by atoms with Crippen LogP contribution in [-0.2, 0) is 4.74 Å². The van der Waals surface area contributed by atoms with Crippen LogP contribution in [0.15, 0.2) is 16.5 Å². The average Bonchev–Trinajstić information content (AvgIpc) is 2.73. The number of nitrogens with one attached hydrogen (secondary N) is 1. The molecular formula is C11H17NO4. The number of ether oxygens (including phenoxy) is 1. The first-order chi connectivity index (χ1) is 7.65. The summed E-state index contributed by atoms with van der Waals surface area (Å²) >= 11 is 0. The number of carbonyl (C=O) groups is 1. The van der Waals surface area contributed by atoms with Gasteiger partial charge in [0.25, 0.3) is 0 Å². The molecule has 0 saturated heterocycles. The van der Waals surface area contributed by atoms with E-state index in [9.17, 15) is 4.79 Å². The maximum absolute atomic E-state index is 10.6. The van der Waals surface area contributed by atoms with Crippen LogP contribution in [-0.4, -0.2) is 31.3 Å². The molecule has 5 heteroatoms. The molecule has 0 aliphatic rings. The number of carboxylic acids is 1. The van der Waals surface area contributed by atoms with Crippen LogP contribution in [0.5, 0.6) is 0 Å². The lowest BCUT2D eigenvalue weighted by atomic mass is 10.2. The van der Waals surface area contributed by atoms with Crippen LogP contribution < -0.4 is 5.32 Å². The Morgan fingerprint density at radius 1 is 1.62 bits per heavy atom. The Labute approximate surface area is 94.4 Å². The molecule has 0 bridgehead atoms.